The van der Waals surface area contributed by atoms with Gasteiger partial charge in [0.25, 0.3) is 0 Å². The Labute approximate surface area is 523 Å². The summed E-state index contributed by atoms with van der Waals surface area (Å²) in [7, 11) is 2.79. The molecule has 0 spiro atoms. The van der Waals surface area contributed by atoms with Gasteiger partial charge in [0, 0.05) is 70.0 Å². The molecule has 0 aliphatic carbocycles. The maximum absolute atomic E-state index is 13.3. The first-order chi connectivity index (χ1) is 43.9. The third-order valence-corrected chi connectivity index (χ3v) is 13.1. The van der Waals surface area contributed by atoms with E-state index >= 15 is 0 Å². The lowest BCUT2D eigenvalue weighted by Gasteiger charge is -2.19. The SMILES string of the molecule is CCOC(COc1c(C=O)cc(F)cc1OC)OCC.COc1cc(F)cc(C=O)c1.Cc1cc(=O)oc2cc(OCc3cc4cc(F)ccc4o3)ccc12.Fc1ccc2oc(CBr)cc2c1.O=Cc1cc2cc(F)ccc2o1.OCc1cc2cc(F)ccc2o1. The molecule has 91 heavy (non-hydrogen) atoms. The number of carbonyl (C=O) groups excluding carboxylic acids is 3. The number of hydrogen-bond acceptors (Lipinski definition) is 16. The molecule has 12 aromatic rings. The molecule has 0 atom stereocenters. The largest absolute Gasteiger partial charge is 0.497 e. The number of methoxy groups -OCH3 is 2. The van der Waals surface area contributed by atoms with Crippen molar-refractivity contribution in [2.24, 2.45) is 0 Å². The zero-order valence-corrected chi connectivity index (χ0v) is 50.8. The van der Waals surface area contributed by atoms with E-state index in [-0.39, 0.29) is 71.5 Å². The summed E-state index contributed by atoms with van der Waals surface area (Å²) < 4.78 is 135. The van der Waals surface area contributed by atoms with Gasteiger partial charge < -0.3 is 55.6 Å². The molecule has 1 N–H and O–H groups in total. The van der Waals surface area contributed by atoms with Gasteiger partial charge in [-0.3, -0.25) is 14.4 Å². The average molecular weight is 1320 g/mol. The molecule has 0 unspecified atom stereocenters. The number of aliphatic hydroxyl groups excluding tert-OH is 1. The summed E-state index contributed by atoms with van der Waals surface area (Å²) in [4.78, 5) is 42.9. The standard InChI is InChI=1S/C19H13FO4.C14H19FO5.C9H6BrFO.C9H7FO2.C9H5FO2.C8H7FO2/c1-11-6-19(21)24-18-9-14(3-4-16(11)18)22-10-15-8-12-7-13(20)2-5-17(12)23-15;1-4-18-13(19-5-2)9-20-14-10(8-16)6-11(15)7-12(14)17-3;10-5-8-4-6-3-7(11)1-2-9(6)12-8;2*10-7-1-2-9-6(3-7)4-8(5-11)12-9;1-11-8-3-6(5-10)2-7(9)4-8/h2-9H,10H2,1H3;6-8,13H,4-5,9H2,1-3H3;1-4H,5H2;1-4,11H,5H2;1-5H;2-5H,1H3. The van der Waals surface area contributed by atoms with Crippen LogP contribution in [0.1, 0.15) is 68.0 Å². The Hall–Kier alpha value is -9.94. The maximum atomic E-state index is 13.3. The molecule has 0 bridgehead atoms. The smallest absolute Gasteiger partial charge is 0.336 e. The third-order valence-electron chi connectivity index (χ3n) is 12.5. The van der Waals surface area contributed by atoms with Crippen LogP contribution in [0.4, 0.5) is 26.3 Å². The van der Waals surface area contributed by atoms with Gasteiger partial charge in [0.05, 0.1) is 25.1 Å². The first-order valence-electron chi connectivity index (χ1n) is 27.4. The van der Waals surface area contributed by atoms with Crippen LogP contribution in [0.3, 0.4) is 0 Å². The monoisotopic (exact) mass is 1320 g/mol. The van der Waals surface area contributed by atoms with Gasteiger partial charge in [-0.05, 0) is 154 Å². The van der Waals surface area contributed by atoms with Crippen molar-refractivity contribution in [3.05, 3.63) is 237 Å². The Bertz CT molecular complexity index is 4370. The van der Waals surface area contributed by atoms with Crippen molar-refractivity contribution in [3.8, 4) is 23.0 Å². The molecule has 5 aromatic heterocycles. The lowest BCUT2D eigenvalue weighted by Crippen LogP contribution is -2.25. The van der Waals surface area contributed by atoms with E-state index in [0.717, 1.165) is 45.9 Å². The molecule has 0 fully saturated rings. The van der Waals surface area contributed by atoms with Crippen LogP contribution in [0.2, 0.25) is 0 Å². The minimum absolute atomic E-state index is 0.0739. The molecule has 0 saturated carbocycles. The third kappa shape index (κ3) is 19.8. The van der Waals surface area contributed by atoms with Crippen molar-refractivity contribution >= 4 is 89.6 Å². The summed E-state index contributed by atoms with van der Waals surface area (Å²) in [5.74, 6) is 1.10. The van der Waals surface area contributed by atoms with Crippen LogP contribution < -0.4 is 24.6 Å². The van der Waals surface area contributed by atoms with Gasteiger partial charge in [0.15, 0.2) is 36.1 Å². The zero-order chi connectivity index (χ0) is 65.6. The molecule has 0 aliphatic heterocycles. The number of rotatable bonds is 17. The molecule has 0 amide bonds. The second-order valence-corrected chi connectivity index (χ2v) is 19.5. The summed E-state index contributed by atoms with van der Waals surface area (Å²) in [6.45, 7) is 6.57. The number of ether oxygens (including phenoxy) is 6. The van der Waals surface area contributed by atoms with Crippen LogP contribution in [0.15, 0.2) is 179 Å². The van der Waals surface area contributed by atoms with E-state index in [4.69, 9.17) is 55.6 Å². The molecule has 0 aliphatic rings. The van der Waals surface area contributed by atoms with Crippen molar-refractivity contribution in [1.29, 1.82) is 0 Å². The predicted octanol–water partition coefficient (Wildman–Crippen LogP) is 16.6. The van der Waals surface area contributed by atoms with E-state index < -0.39 is 23.6 Å². The highest BCUT2D eigenvalue weighted by Gasteiger charge is 2.17. The number of hydrogen-bond donors (Lipinski definition) is 1. The fourth-order valence-corrected chi connectivity index (χ4v) is 8.76. The number of alkyl halides is 1. The average Bonchev–Trinajstić information content (AvgIpc) is 2.17. The molecule has 474 valence electrons. The summed E-state index contributed by atoms with van der Waals surface area (Å²) in [6, 6.07) is 36.7. The van der Waals surface area contributed by atoms with E-state index in [1.54, 1.807) is 42.5 Å². The Morgan fingerprint density at radius 3 is 1.57 bits per heavy atom. The van der Waals surface area contributed by atoms with Crippen molar-refractivity contribution in [2.45, 2.75) is 45.6 Å². The van der Waals surface area contributed by atoms with Crippen LogP contribution >= 0.6 is 15.9 Å². The van der Waals surface area contributed by atoms with Crippen LogP contribution in [-0.2, 0) is 28.0 Å². The van der Waals surface area contributed by atoms with E-state index in [9.17, 15) is 45.5 Å². The minimum atomic E-state index is -0.567. The topological polar surface area (TPSA) is 210 Å². The Morgan fingerprint density at radius 1 is 0.505 bits per heavy atom. The van der Waals surface area contributed by atoms with Gasteiger partial charge in [-0.15, -0.1) is 0 Å². The minimum Gasteiger partial charge on any atom is -0.497 e. The van der Waals surface area contributed by atoms with E-state index in [1.807, 2.05) is 32.9 Å². The Balaban J connectivity index is 0.000000160. The number of fused-ring (bicyclic) bond motifs is 5. The molecule has 7 aromatic carbocycles. The van der Waals surface area contributed by atoms with E-state index in [0.29, 0.717) is 98.9 Å². The molecular formula is C68H57BrF6O16. The molecule has 5 heterocycles. The number of aryl methyl sites for hydroxylation is 1. The van der Waals surface area contributed by atoms with Crippen molar-refractivity contribution in [3.63, 3.8) is 0 Å². The number of benzene rings is 7. The first-order valence-corrected chi connectivity index (χ1v) is 28.5. The van der Waals surface area contributed by atoms with Gasteiger partial charge in [-0.1, -0.05) is 15.9 Å². The van der Waals surface area contributed by atoms with E-state index in [1.165, 1.54) is 93.1 Å². The van der Waals surface area contributed by atoms with Gasteiger partial charge in [0.1, 0.15) is 118 Å². The summed E-state index contributed by atoms with van der Waals surface area (Å²) in [6.07, 6.45) is 1.13. The highest BCUT2D eigenvalue weighted by Crippen LogP contribution is 2.32. The lowest BCUT2D eigenvalue weighted by molar-refractivity contribution is -0.152. The number of aliphatic hydroxyl groups is 1. The van der Waals surface area contributed by atoms with E-state index in [2.05, 4.69) is 15.9 Å². The van der Waals surface area contributed by atoms with Crippen molar-refractivity contribution < 1.29 is 96.3 Å². The lowest BCUT2D eigenvalue weighted by atomic mass is 10.1. The quantitative estimate of drug-likeness (QED) is 0.0295. The second-order valence-electron chi connectivity index (χ2n) is 19.0. The Morgan fingerprint density at radius 2 is 1.04 bits per heavy atom. The number of aldehydes is 3. The molecule has 12 rings (SSSR count). The van der Waals surface area contributed by atoms with Crippen LogP contribution in [0.25, 0.3) is 54.8 Å². The van der Waals surface area contributed by atoms with Crippen LogP contribution in [0.5, 0.6) is 23.0 Å². The fraction of sp³-hybridized carbons (Fsp3) is 0.176. The summed E-state index contributed by atoms with van der Waals surface area (Å²) in [5.41, 5.74) is 3.75. The zero-order valence-electron chi connectivity index (χ0n) is 49.2. The van der Waals surface area contributed by atoms with Crippen molar-refractivity contribution in [2.75, 3.05) is 34.0 Å². The van der Waals surface area contributed by atoms with Gasteiger partial charge in [-0.2, -0.15) is 0 Å². The summed E-state index contributed by atoms with van der Waals surface area (Å²) in [5, 5.41) is 13.0. The predicted molar refractivity (Wildman–Crippen MR) is 329 cm³/mol. The number of furan rings is 4. The van der Waals surface area contributed by atoms with Crippen molar-refractivity contribution in [1.82, 2.24) is 0 Å². The van der Waals surface area contributed by atoms with Gasteiger partial charge >= 0.3 is 5.63 Å². The van der Waals surface area contributed by atoms with Gasteiger partial charge in [0.2, 0.25) is 0 Å². The maximum Gasteiger partial charge on any atom is 0.336 e. The second kappa shape index (κ2) is 33.6. The van der Waals surface area contributed by atoms with Gasteiger partial charge in [-0.25, -0.2) is 31.1 Å². The van der Waals surface area contributed by atoms with Crippen LogP contribution in [0, 0.1) is 41.8 Å². The number of halogens is 7. The number of carbonyl (C=O) groups is 3. The molecule has 16 nitrogen and oxygen atoms in total. The summed E-state index contributed by atoms with van der Waals surface area (Å²) >= 11 is 3.27. The normalized spacial score (nSPS) is 10.7. The highest BCUT2D eigenvalue weighted by molar-refractivity contribution is 9.08. The fourth-order valence-electron chi connectivity index (χ4n) is 8.49. The highest BCUT2D eigenvalue weighted by atomic mass is 79.9. The molecule has 0 saturated heterocycles. The first kappa shape index (κ1) is 68.5. The molecule has 0 radical (unpaired) electrons. The molecule has 23 heteroatoms. The van der Waals surface area contributed by atoms with Crippen LogP contribution in [-0.4, -0.2) is 64.3 Å². The molecular weight excluding hydrogens is 1270 g/mol. The Kier molecular flexibility index (Phi) is 25.3.